The molecule has 0 nitrogen and oxygen atoms in total. The van der Waals surface area contributed by atoms with E-state index in [9.17, 15) is 0 Å². The molecule has 0 saturated heterocycles. The van der Waals surface area contributed by atoms with Gasteiger partial charge in [0.2, 0.25) is 0 Å². The average Bonchev–Trinajstić information content (AvgIpc) is 2.69. The molecule has 102 valence electrons. The van der Waals surface area contributed by atoms with Gasteiger partial charge in [-0.2, -0.15) is 0 Å². The molecular formula is C10H6Cl8. The van der Waals surface area contributed by atoms with Crippen LogP contribution in [0.25, 0.3) is 0 Å². The second-order valence-corrected chi connectivity index (χ2v) is 9.29. The molecule has 0 unspecified atom stereocenters. The Morgan fingerprint density at radius 3 is 1.94 bits per heavy atom. The van der Waals surface area contributed by atoms with Crippen LogP contribution in [0.3, 0.4) is 0 Å². The van der Waals surface area contributed by atoms with Crippen molar-refractivity contribution in [2.45, 2.75) is 31.3 Å². The highest BCUT2D eigenvalue weighted by atomic mass is 35.5. The first-order chi connectivity index (χ1) is 8.11. The zero-order valence-electron chi connectivity index (χ0n) is 8.54. The second-order valence-electron chi connectivity index (χ2n) is 4.95. The summed E-state index contributed by atoms with van der Waals surface area (Å²) in [5.41, 5.74) is 0. The molecule has 0 aliphatic heterocycles. The molecule has 0 N–H and O–H groups in total. The molecule has 8 heteroatoms. The van der Waals surface area contributed by atoms with Crippen molar-refractivity contribution >= 4 is 92.8 Å². The van der Waals surface area contributed by atoms with E-state index < -0.39 is 19.5 Å². The summed E-state index contributed by atoms with van der Waals surface area (Å²) >= 11 is 51.0. The summed E-state index contributed by atoms with van der Waals surface area (Å²) in [5.74, 6) is -0.488. The van der Waals surface area contributed by atoms with Gasteiger partial charge in [-0.3, -0.25) is 0 Å². The monoisotopic (exact) mass is 406 g/mol. The van der Waals surface area contributed by atoms with Crippen molar-refractivity contribution in [1.29, 1.82) is 0 Å². The van der Waals surface area contributed by atoms with Crippen LogP contribution in [0.15, 0.2) is 10.1 Å². The molecule has 6 atom stereocenters. The highest BCUT2D eigenvalue weighted by Crippen LogP contribution is 2.79. The molecule has 0 spiro atoms. The van der Waals surface area contributed by atoms with Gasteiger partial charge in [-0.1, -0.05) is 46.4 Å². The Morgan fingerprint density at radius 1 is 0.889 bits per heavy atom. The fourth-order valence-electron chi connectivity index (χ4n) is 3.48. The zero-order valence-corrected chi connectivity index (χ0v) is 14.6. The number of halogens is 8. The molecule has 3 rings (SSSR count). The minimum absolute atomic E-state index is 0.184. The highest BCUT2D eigenvalue weighted by molar-refractivity contribution is 6.66. The lowest BCUT2D eigenvalue weighted by atomic mass is 9.84. The maximum Gasteiger partial charge on any atom is 0.166 e. The number of fused-ring (bicyclic) bond motifs is 5. The van der Waals surface area contributed by atoms with Crippen LogP contribution in [0.4, 0.5) is 0 Å². The molecule has 0 radical (unpaired) electrons. The molecule has 0 aromatic heterocycles. The Bertz CT molecular complexity index is 459. The van der Waals surface area contributed by atoms with Crippen LogP contribution in [0.1, 0.15) is 6.42 Å². The lowest BCUT2D eigenvalue weighted by molar-refractivity contribution is 0.385. The molecule has 0 aromatic rings. The maximum absolute atomic E-state index is 6.62. The Balaban J connectivity index is 2.26. The van der Waals surface area contributed by atoms with Crippen LogP contribution in [0, 0.1) is 11.8 Å². The van der Waals surface area contributed by atoms with Crippen molar-refractivity contribution in [2.24, 2.45) is 11.8 Å². The lowest BCUT2D eigenvalue weighted by Gasteiger charge is -2.35. The summed E-state index contributed by atoms with van der Waals surface area (Å²) < 4.78 is -1.50. The fraction of sp³-hybridized carbons (Fsp3) is 0.800. The first-order valence-corrected chi connectivity index (χ1v) is 8.35. The Kier molecular flexibility index (Phi) is 3.39. The zero-order chi connectivity index (χ0) is 13.7. The van der Waals surface area contributed by atoms with E-state index in [2.05, 4.69) is 0 Å². The molecule has 0 heterocycles. The second kappa shape index (κ2) is 4.07. The molecule has 0 aromatic carbocycles. The van der Waals surface area contributed by atoms with Crippen molar-refractivity contribution in [3.8, 4) is 0 Å². The standard InChI is InChI=1S/C10H6Cl8/c11-3-1-2-4(5(3)12)9(16)7(14)6(13)8(2,15)10(9,17)18/h2-5H,1H2/t2-,3+,4-,5+,8-,9+/m0/s1. The van der Waals surface area contributed by atoms with Crippen molar-refractivity contribution in [1.82, 2.24) is 0 Å². The average molecular weight is 410 g/mol. The SMILES string of the molecule is ClC1=C(Cl)[C@]2(Cl)[C@@H]3[C@H](Cl)[C@H](Cl)C[C@@H]3[C@@]1(Cl)C2(Cl)Cl. The summed E-state index contributed by atoms with van der Waals surface area (Å²) in [6.45, 7) is 0. The van der Waals surface area contributed by atoms with Crippen LogP contribution in [0.2, 0.25) is 0 Å². The first-order valence-electron chi connectivity index (χ1n) is 5.21. The van der Waals surface area contributed by atoms with E-state index in [1.54, 1.807) is 0 Å². The van der Waals surface area contributed by atoms with Crippen molar-refractivity contribution < 1.29 is 0 Å². The third kappa shape index (κ3) is 1.28. The third-order valence-corrected chi connectivity index (χ3v) is 9.79. The normalized spacial score (nSPS) is 57.3. The first kappa shape index (κ1) is 15.0. The van der Waals surface area contributed by atoms with Gasteiger partial charge in [0.05, 0.1) is 20.8 Å². The van der Waals surface area contributed by atoms with Gasteiger partial charge in [-0.25, -0.2) is 0 Å². The van der Waals surface area contributed by atoms with Crippen LogP contribution < -0.4 is 0 Å². The molecule has 18 heavy (non-hydrogen) atoms. The van der Waals surface area contributed by atoms with Gasteiger partial charge in [0, 0.05) is 5.92 Å². The maximum atomic E-state index is 6.62. The Morgan fingerprint density at radius 2 is 1.39 bits per heavy atom. The molecule has 3 aliphatic rings. The van der Waals surface area contributed by atoms with Crippen LogP contribution >= 0.6 is 92.8 Å². The number of hydrogen-bond donors (Lipinski definition) is 0. The third-order valence-electron chi connectivity index (χ3n) is 4.32. The number of alkyl halides is 6. The van der Waals surface area contributed by atoms with E-state index in [-0.39, 0.29) is 27.3 Å². The van der Waals surface area contributed by atoms with E-state index in [1.807, 2.05) is 0 Å². The largest absolute Gasteiger partial charge is 0.166 e. The van der Waals surface area contributed by atoms with Gasteiger partial charge in [0.1, 0.15) is 9.75 Å². The Hall–Kier alpha value is 2.06. The number of allylic oxidation sites excluding steroid dienone is 2. The topological polar surface area (TPSA) is 0 Å². The Labute approximate surface area is 145 Å². The molecule has 0 amide bonds. The van der Waals surface area contributed by atoms with Crippen molar-refractivity contribution in [3.63, 3.8) is 0 Å². The van der Waals surface area contributed by atoms with Crippen LogP contribution in [-0.2, 0) is 0 Å². The van der Waals surface area contributed by atoms with E-state index in [0.717, 1.165) is 0 Å². The summed E-state index contributed by atoms with van der Waals surface area (Å²) in [5, 5.41) is -0.259. The summed E-state index contributed by atoms with van der Waals surface area (Å²) in [4.78, 5) is -2.50. The van der Waals surface area contributed by atoms with Crippen LogP contribution in [0.5, 0.6) is 0 Å². The summed E-state index contributed by atoms with van der Waals surface area (Å²) in [7, 11) is 0. The van der Waals surface area contributed by atoms with Crippen molar-refractivity contribution in [3.05, 3.63) is 10.1 Å². The summed E-state index contributed by atoms with van der Waals surface area (Å²) in [6.07, 6.45) is 0.555. The minimum atomic E-state index is -1.50. The van der Waals surface area contributed by atoms with Gasteiger partial charge in [-0.15, -0.1) is 46.4 Å². The quantitative estimate of drug-likeness (QED) is 0.451. The molecule has 2 bridgehead atoms. The molecule has 2 fully saturated rings. The summed E-state index contributed by atoms with van der Waals surface area (Å²) in [6, 6.07) is 0. The van der Waals surface area contributed by atoms with Gasteiger partial charge < -0.3 is 0 Å². The van der Waals surface area contributed by atoms with Gasteiger partial charge in [0.25, 0.3) is 0 Å². The van der Waals surface area contributed by atoms with E-state index in [0.29, 0.717) is 6.42 Å². The van der Waals surface area contributed by atoms with Crippen LogP contribution in [-0.4, -0.2) is 24.8 Å². The predicted octanol–water partition coefficient (Wildman–Crippen LogP) is 5.68. The minimum Gasteiger partial charge on any atom is -0.121 e. The van der Waals surface area contributed by atoms with Gasteiger partial charge in [-0.05, 0) is 12.3 Å². The smallest absolute Gasteiger partial charge is 0.121 e. The van der Waals surface area contributed by atoms with E-state index in [1.165, 1.54) is 0 Å². The molecular weight excluding hydrogens is 404 g/mol. The van der Waals surface area contributed by atoms with E-state index >= 15 is 0 Å². The predicted molar refractivity (Wildman–Crippen MR) is 81.2 cm³/mol. The van der Waals surface area contributed by atoms with E-state index in [4.69, 9.17) is 92.8 Å². The number of hydrogen-bond acceptors (Lipinski definition) is 0. The fourth-order valence-corrected chi connectivity index (χ4v) is 7.46. The highest BCUT2D eigenvalue weighted by Gasteiger charge is 2.84. The van der Waals surface area contributed by atoms with Gasteiger partial charge >= 0.3 is 0 Å². The number of rotatable bonds is 0. The molecule has 2 saturated carbocycles. The lowest BCUT2D eigenvalue weighted by Crippen LogP contribution is -2.47. The van der Waals surface area contributed by atoms with Crippen molar-refractivity contribution in [2.75, 3.05) is 0 Å². The van der Waals surface area contributed by atoms with Gasteiger partial charge in [0.15, 0.2) is 4.33 Å². The molecule has 3 aliphatic carbocycles.